The molecule has 2 heterocycles. The Morgan fingerprint density at radius 1 is 1.18 bits per heavy atom. The van der Waals surface area contributed by atoms with Crippen LogP contribution in [0.15, 0.2) is 44.5 Å². The number of aromatic nitrogens is 2. The number of hydrogen-bond acceptors (Lipinski definition) is 5. The van der Waals surface area contributed by atoms with Gasteiger partial charge in [-0.05, 0) is 32.0 Å². The molecule has 0 fully saturated rings. The fourth-order valence-corrected chi connectivity index (χ4v) is 2.72. The van der Waals surface area contributed by atoms with Crippen molar-refractivity contribution < 1.29 is 27.1 Å². The molecular weight excluding hydrogens is 381 g/mol. The first-order valence-corrected chi connectivity index (χ1v) is 8.13. The van der Waals surface area contributed by atoms with Crippen LogP contribution in [-0.2, 0) is 18.0 Å². The van der Waals surface area contributed by atoms with Crippen LogP contribution in [0.2, 0.25) is 0 Å². The van der Waals surface area contributed by atoms with Gasteiger partial charge >= 0.3 is 17.8 Å². The molecule has 0 atom stereocenters. The van der Waals surface area contributed by atoms with E-state index in [1.54, 1.807) is 13.8 Å². The monoisotopic (exact) mass is 396 g/mol. The minimum atomic E-state index is -4.86. The summed E-state index contributed by atoms with van der Waals surface area (Å²) in [7, 11) is 0.912. The van der Waals surface area contributed by atoms with Crippen molar-refractivity contribution in [2.75, 3.05) is 0 Å². The van der Waals surface area contributed by atoms with E-state index in [0.29, 0.717) is 15.2 Å². The summed E-state index contributed by atoms with van der Waals surface area (Å²) >= 11 is 0. The van der Waals surface area contributed by atoms with Crippen LogP contribution in [0.1, 0.15) is 29.9 Å². The minimum Gasteiger partial charge on any atom is -0.462 e. The summed E-state index contributed by atoms with van der Waals surface area (Å²) in [6, 6.07) is 4.56. The maximum Gasteiger partial charge on any atom is 0.431 e. The van der Waals surface area contributed by atoms with Crippen LogP contribution in [-0.4, -0.2) is 21.2 Å². The van der Waals surface area contributed by atoms with Crippen LogP contribution in [0, 0.1) is 0 Å². The first-order chi connectivity index (χ1) is 13.0. The molecule has 10 heteroatoms. The van der Waals surface area contributed by atoms with Gasteiger partial charge in [-0.2, -0.15) is 13.2 Å². The number of ether oxygens (including phenoxy) is 1. The third-order valence-corrected chi connectivity index (χ3v) is 3.98. The van der Waals surface area contributed by atoms with Crippen molar-refractivity contribution in [3.8, 4) is 5.69 Å². The Morgan fingerprint density at radius 2 is 1.86 bits per heavy atom. The van der Waals surface area contributed by atoms with Gasteiger partial charge in [0.05, 0.1) is 17.4 Å². The fourth-order valence-electron chi connectivity index (χ4n) is 2.72. The Kier molecular flexibility index (Phi) is 4.66. The number of benzene rings is 1. The SMILES string of the molecule is CC(C)OC(=O)c1ccc2occ(-n3c(=O)cc(C(F)(F)F)n(C)c3=O)c2c1. The van der Waals surface area contributed by atoms with Gasteiger partial charge in [-0.3, -0.25) is 9.36 Å². The van der Waals surface area contributed by atoms with Crippen molar-refractivity contribution in [2.24, 2.45) is 7.05 Å². The predicted octanol–water partition coefficient (Wildman–Crippen LogP) is 2.87. The maximum atomic E-state index is 13.0. The molecule has 0 saturated carbocycles. The molecular formula is C18H15F3N2O5. The molecule has 28 heavy (non-hydrogen) atoms. The highest BCUT2D eigenvalue weighted by atomic mass is 19.4. The highest BCUT2D eigenvalue weighted by Gasteiger charge is 2.35. The van der Waals surface area contributed by atoms with E-state index in [1.807, 2.05) is 0 Å². The first kappa shape index (κ1) is 19.5. The number of esters is 1. The number of rotatable bonds is 3. The summed E-state index contributed by atoms with van der Waals surface area (Å²) in [5.74, 6) is -0.628. The van der Waals surface area contributed by atoms with E-state index in [-0.39, 0.29) is 28.3 Å². The van der Waals surface area contributed by atoms with Crippen LogP contribution >= 0.6 is 0 Å². The highest BCUT2D eigenvalue weighted by molar-refractivity contribution is 5.96. The van der Waals surface area contributed by atoms with Crippen molar-refractivity contribution in [3.63, 3.8) is 0 Å². The van der Waals surface area contributed by atoms with E-state index in [9.17, 15) is 27.6 Å². The van der Waals surface area contributed by atoms with Gasteiger partial charge in [0.15, 0.2) is 0 Å². The van der Waals surface area contributed by atoms with Gasteiger partial charge in [-0.25, -0.2) is 14.2 Å². The zero-order chi connectivity index (χ0) is 20.8. The second kappa shape index (κ2) is 6.70. The molecule has 0 aliphatic carbocycles. The molecule has 148 valence electrons. The lowest BCUT2D eigenvalue weighted by atomic mass is 10.1. The van der Waals surface area contributed by atoms with Gasteiger partial charge < -0.3 is 9.15 Å². The molecule has 3 aromatic rings. The summed E-state index contributed by atoms with van der Waals surface area (Å²) in [5.41, 5.74) is -3.43. The van der Waals surface area contributed by atoms with Gasteiger partial charge in [-0.15, -0.1) is 0 Å². The molecule has 0 aliphatic heterocycles. The molecule has 3 rings (SSSR count). The molecule has 0 amide bonds. The second-order valence-corrected chi connectivity index (χ2v) is 6.33. The molecule has 0 unspecified atom stereocenters. The van der Waals surface area contributed by atoms with Gasteiger partial charge in [0.2, 0.25) is 0 Å². The highest BCUT2D eigenvalue weighted by Crippen LogP contribution is 2.28. The molecule has 0 bridgehead atoms. The van der Waals surface area contributed by atoms with Crippen LogP contribution < -0.4 is 11.2 Å². The minimum absolute atomic E-state index is 0.0754. The van der Waals surface area contributed by atoms with E-state index >= 15 is 0 Å². The zero-order valence-corrected chi connectivity index (χ0v) is 15.0. The average Bonchev–Trinajstić information content (AvgIpc) is 2.99. The lowest BCUT2D eigenvalue weighted by molar-refractivity contribution is -0.144. The van der Waals surface area contributed by atoms with Crippen molar-refractivity contribution in [2.45, 2.75) is 26.1 Å². The summed E-state index contributed by atoms with van der Waals surface area (Å²) in [4.78, 5) is 36.8. The molecule has 7 nitrogen and oxygen atoms in total. The van der Waals surface area contributed by atoms with E-state index in [2.05, 4.69) is 0 Å². The maximum absolute atomic E-state index is 13.0. The second-order valence-electron chi connectivity index (χ2n) is 6.33. The summed E-state index contributed by atoms with van der Waals surface area (Å²) in [6.07, 6.45) is -4.16. The number of carbonyl (C=O) groups is 1. The lowest BCUT2D eigenvalue weighted by Crippen LogP contribution is -2.40. The zero-order valence-electron chi connectivity index (χ0n) is 15.0. The fraction of sp³-hybridized carbons (Fsp3) is 0.278. The van der Waals surface area contributed by atoms with Crippen molar-refractivity contribution in [1.82, 2.24) is 9.13 Å². The third kappa shape index (κ3) is 3.32. The number of nitrogens with zero attached hydrogens (tertiary/aromatic N) is 2. The molecule has 2 aromatic heterocycles. The van der Waals surface area contributed by atoms with Gasteiger partial charge in [0.1, 0.15) is 17.5 Å². The molecule has 0 N–H and O–H groups in total. The van der Waals surface area contributed by atoms with E-state index in [1.165, 1.54) is 18.2 Å². The number of fused-ring (bicyclic) bond motifs is 1. The van der Waals surface area contributed by atoms with Crippen molar-refractivity contribution in [3.05, 3.63) is 62.6 Å². The molecule has 0 radical (unpaired) electrons. The normalized spacial score (nSPS) is 12.0. The van der Waals surface area contributed by atoms with E-state index in [4.69, 9.17) is 9.15 Å². The number of alkyl halides is 3. The standard InChI is InChI=1S/C18H15F3N2O5/c1-9(2)28-16(25)10-4-5-13-11(6-10)12(8-27-13)23-15(24)7-14(18(19,20)21)22(3)17(23)26/h4-9H,1-3H3. The van der Waals surface area contributed by atoms with Crippen LogP contribution in [0.4, 0.5) is 13.2 Å². The van der Waals surface area contributed by atoms with Crippen LogP contribution in [0.3, 0.4) is 0 Å². The number of carbonyl (C=O) groups excluding carboxylic acids is 1. The summed E-state index contributed by atoms with van der Waals surface area (Å²) in [6.45, 7) is 3.34. The van der Waals surface area contributed by atoms with E-state index in [0.717, 1.165) is 13.3 Å². The van der Waals surface area contributed by atoms with Gasteiger partial charge in [0, 0.05) is 18.5 Å². The van der Waals surface area contributed by atoms with Crippen molar-refractivity contribution >= 4 is 16.9 Å². The number of furan rings is 1. The molecule has 1 aromatic carbocycles. The van der Waals surface area contributed by atoms with Crippen LogP contribution in [0.5, 0.6) is 0 Å². The number of halogens is 3. The largest absolute Gasteiger partial charge is 0.462 e. The van der Waals surface area contributed by atoms with Crippen LogP contribution in [0.25, 0.3) is 16.7 Å². The lowest BCUT2D eigenvalue weighted by Gasteiger charge is -2.13. The summed E-state index contributed by atoms with van der Waals surface area (Å²) < 4.78 is 50.3. The van der Waals surface area contributed by atoms with E-state index < -0.39 is 29.1 Å². The Morgan fingerprint density at radius 3 is 2.46 bits per heavy atom. The Hall–Kier alpha value is -3.30. The predicted molar refractivity (Wildman–Crippen MR) is 92.6 cm³/mol. The quantitative estimate of drug-likeness (QED) is 0.636. The smallest absolute Gasteiger partial charge is 0.431 e. The van der Waals surface area contributed by atoms with Crippen molar-refractivity contribution in [1.29, 1.82) is 0 Å². The van der Waals surface area contributed by atoms with Gasteiger partial charge in [-0.1, -0.05) is 0 Å². The van der Waals surface area contributed by atoms with Gasteiger partial charge in [0.25, 0.3) is 5.56 Å². The average molecular weight is 396 g/mol. The number of hydrogen-bond donors (Lipinski definition) is 0. The molecule has 0 aliphatic rings. The molecule has 0 spiro atoms. The Bertz CT molecular complexity index is 1180. The summed E-state index contributed by atoms with van der Waals surface area (Å²) in [5, 5.41) is 0.206. The third-order valence-electron chi connectivity index (χ3n) is 3.98. The topological polar surface area (TPSA) is 83.4 Å². The first-order valence-electron chi connectivity index (χ1n) is 8.13. The molecule has 0 saturated heterocycles. The Balaban J connectivity index is 2.23. The Labute approximate surface area is 155 Å².